The summed E-state index contributed by atoms with van der Waals surface area (Å²) in [5.74, 6) is 0.128. The lowest BCUT2D eigenvalue weighted by atomic mass is 10.1. The summed E-state index contributed by atoms with van der Waals surface area (Å²) in [6.45, 7) is 8.31. The van der Waals surface area contributed by atoms with E-state index in [9.17, 15) is 0 Å². The Balaban J connectivity index is 2.93. The molecule has 9 heteroatoms. The van der Waals surface area contributed by atoms with Gasteiger partial charge in [0.05, 0.1) is 13.2 Å². The molecule has 0 saturated heterocycles. The highest BCUT2D eigenvalue weighted by atomic mass is 35.6. The van der Waals surface area contributed by atoms with Crippen LogP contribution in [0, 0.1) is 5.41 Å². The molecule has 0 radical (unpaired) electrons. The second kappa shape index (κ2) is 14.7. The van der Waals surface area contributed by atoms with Gasteiger partial charge >= 0.3 is 0 Å². The van der Waals surface area contributed by atoms with E-state index >= 15 is 0 Å². The zero-order valence-electron chi connectivity index (χ0n) is 17.6. The van der Waals surface area contributed by atoms with Crippen molar-refractivity contribution in [1.29, 1.82) is 5.41 Å². The summed E-state index contributed by atoms with van der Waals surface area (Å²) in [7, 11) is 0. The zero-order valence-corrected chi connectivity index (χ0v) is 19.8. The Morgan fingerprint density at radius 1 is 1.03 bits per heavy atom. The maximum atomic E-state index is 7.89. The maximum absolute atomic E-state index is 7.89. The van der Waals surface area contributed by atoms with Crippen molar-refractivity contribution in [2.24, 2.45) is 0 Å². The van der Waals surface area contributed by atoms with Gasteiger partial charge in [0, 0.05) is 13.2 Å². The van der Waals surface area contributed by atoms with Crippen molar-refractivity contribution in [3.63, 3.8) is 0 Å². The molecule has 0 spiro atoms. The maximum Gasteiger partial charge on any atom is 0.265 e. The SMILES string of the molecule is CCCCOCC1OC(OC(=N)C(Cl)(Cl)Cl)C(OCCCC)C=C1OCCCC. The number of hydrogen-bond acceptors (Lipinski definition) is 6. The molecule has 1 heterocycles. The molecule has 3 atom stereocenters. The van der Waals surface area contributed by atoms with Crippen molar-refractivity contribution >= 4 is 40.7 Å². The van der Waals surface area contributed by atoms with Crippen molar-refractivity contribution in [2.75, 3.05) is 26.4 Å². The predicted octanol–water partition coefficient (Wildman–Crippen LogP) is 5.78. The molecular formula is C20H34Cl3NO5. The molecule has 1 aliphatic rings. The average Bonchev–Trinajstić information content (AvgIpc) is 2.67. The first-order chi connectivity index (χ1) is 13.8. The first kappa shape index (κ1) is 26.8. The number of nitrogens with one attached hydrogen (secondary N) is 1. The molecule has 0 bridgehead atoms. The van der Waals surface area contributed by atoms with E-state index in [-0.39, 0.29) is 0 Å². The molecule has 0 aliphatic carbocycles. The van der Waals surface area contributed by atoms with Crippen LogP contribution in [0.2, 0.25) is 0 Å². The van der Waals surface area contributed by atoms with Crippen molar-refractivity contribution in [1.82, 2.24) is 0 Å². The summed E-state index contributed by atoms with van der Waals surface area (Å²) < 4.78 is 27.1. The van der Waals surface area contributed by atoms with Crippen LogP contribution in [0.25, 0.3) is 0 Å². The van der Waals surface area contributed by atoms with Crippen LogP contribution in [0.15, 0.2) is 11.8 Å². The van der Waals surface area contributed by atoms with Crippen LogP contribution in [0.5, 0.6) is 0 Å². The Labute approximate surface area is 189 Å². The number of ether oxygens (including phenoxy) is 5. The molecule has 1 aliphatic heterocycles. The lowest BCUT2D eigenvalue weighted by Crippen LogP contribution is -2.45. The number of unbranched alkanes of at least 4 members (excludes halogenated alkanes) is 3. The van der Waals surface area contributed by atoms with Gasteiger partial charge in [0.25, 0.3) is 3.79 Å². The molecular weight excluding hydrogens is 441 g/mol. The summed E-state index contributed by atoms with van der Waals surface area (Å²) in [6.07, 6.45) is 5.65. The lowest BCUT2D eigenvalue weighted by molar-refractivity contribution is -0.202. The van der Waals surface area contributed by atoms with Crippen LogP contribution in [0.3, 0.4) is 0 Å². The Kier molecular flexibility index (Phi) is 13.6. The smallest absolute Gasteiger partial charge is 0.265 e. The Morgan fingerprint density at radius 3 is 2.28 bits per heavy atom. The van der Waals surface area contributed by atoms with Crippen LogP contribution in [-0.2, 0) is 23.7 Å². The Bertz CT molecular complexity index is 499. The molecule has 0 fully saturated rings. The number of hydrogen-bond donors (Lipinski definition) is 1. The van der Waals surface area contributed by atoms with Crippen molar-refractivity contribution in [3.8, 4) is 0 Å². The molecule has 6 nitrogen and oxygen atoms in total. The van der Waals surface area contributed by atoms with E-state index < -0.39 is 28.2 Å². The average molecular weight is 475 g/mol. The van der Waals surface area contributed by atoms with Gasteiger partial charge in [-0.1, -0.05) is 74.8 Å². The molecule has 0 aromatic rings. The first-order valence-electron chi connectivity index (χ1n) is 10.3. The highest BCUT2D eigenvalue weighted by molar-refractivity contribution is 6.76. The second-order valence-electron chi connectivity index (χ2n) is 6.83. The normalized spacial score (nSPS) is 22.3. The Hall–Kier alpha value is -0.240. The molecule has 0 aromatic heterocycles. The molecule has 29 heavy (non-hydrogen) atoms. The fourth-order valence-electron chi connectivity index (χ4n) is 2.46. The minimum absolute atomic E-state index is 0.306. The van der Waals surface area contributed by atoms with Gasteiger partial charge in [0.1, 0.15) is 18.0 Å². The van der Waals surface area contributed by atoms with E-state index in [0.717, 1.165) is 38.5 Å². The predicted molar refractivity (Wildman–Crippen MR) is 117 cm³/mol. The minimum Gasteiger partial charge on any atom is -0.495 e. The van der Waals surface area contributed by atoms with E-state index in [4.69, 9.17) is 63.9 Å². The van der Waals surface area contributed by atoms with Crippen LogP contribution >= 0.6 is 34.8 Å². The van der Waals surface area contributed by atoms with Crippen LogP contribution in [0.1, 0.15) is 59.3 Å². The van der Waals surface area contributed by atoms with Gasteiger partial charge in [0.2, 0.25) is 12.2 Å². The van der Waals surface area contributed by atoms with Gasteiger partial charge in [-0.25, -0.2) is 0 Å². The third kappa shape index (κ3) is 10.6. The summed E-state index contributed by atoms with van der Waals surface area (Å²) in [4.78, 5) is 0. The van der Waals surface area contributed by atoms with Crippen molar-refractivity contribution < 1.29 is 23.7 Å². The highest BCUT2D eigenvalue weighted by Crippen LogP contribution is 2.31. The quantitative estimate of drug-likeness (QED) is 0.150. The topological polar surface area (TPSA) is 70.0 Å². The largest absolute Gasteiger partial charge is 0.495 e. The summed E-state index contributed by atoms with van der Waals surface area (Å²) >= 11 is 17.3. The molecule has 3 unspecified atom stereocenters. The number of halogens is 3. The van der Waals surface area contributed by atoms with E-state index in [2.05, 4.69) is 20.8 Å². The van der Waals surface area contributed by atoms with E-state index in [1.54, 1.807) is 0 Å². The van der Waals surface area contributed by atoms with Gasteiger partial charge in [-0.2, -0.15) is 0 Å². The van der Waals surface area contributed by atoms with Gasteiger partial charge in [-0.05, 0) is 25.3 Å². The molecule has 0 aromatic carbocycles. The van der Waals surface area contributed by atoms with E-state index in [1.807, 2.05) is 6.08 Å². The van der Waals surface area contributed by atoms with Crippen LogP contribution in [0.4, 0.5) is 0 Å². The monoisotopic (exact) mass is 473 g/mol. The van der Waals surface area contributed by atoms with Crippen LogP contribution in [-0.4, -0.2) is 54.6 Å². The third-order valence-electron chi connectivity index (χ3n) is 4.19. The van der Waals surface area contributed by atoms with Gasteiger partial charge < -0.3 is 23.7 Å². The molecule has 0 amide bonds. The summed E-state index contributed by atoms with van der Waals surface area (Å²) in [6, 6.07) is 0. The number of rotatable bonds is 14. The first-order valence-corrected chi connectivity index (χ1v) is 11.5. The molecule has 1 rings (SSSR count). The standard InChI is InChI=1S/C20H34Cl3NO5/c1-4-7-10-25-14-17-15(26-11-8-5-2)13-16(27-12-9-6-3)18(28-17)29-19(24)20(21,22)23/h13,16-18,24H,4-12,14H2,1-3H3. The fraction of sp³-hybridized carbons (Fsp3) is 0.850. The number of alkyl halides is 3. The highest BCUT2D eigenvalue weighted by Gasteiger charge is 2.39. The van der Waals surface area contributed by atoms with Gasteiger partial charge in [0.15, 0.2) is 0 Å². The van der Waals surface area contributed by atoms with Gasteiger partial charge in [-0.3, -0.25) is 5.41 Å². The van der Waals surface area contributed by atoms with Crippen molar-refractivity contribution in [2.45, 2.75) is 81.6 Å². The van der Waals surface area contributed by atoms with E-state index in [0.29, 0.717) is 32.2 Å². The molecule has 170 valence electrons. The Morgan fingerprint density at radius 2 is 1.66 bits per heavy atom. The van der Waals surface area contributed by atoms with E-state index in [1.165, 1.54) is 0 Å². The summed E-state index contributed by atoms with van der Waals surface area (Å²) in [5, 5.41) is 7.89. The fourth-order valence-corrected chi connectivity index (χ4v) is 2.59. The van der Waals surface area contributed by atoms with Gasteiger partial charge in [-0.15, -0.1) is 0 Å². The second-order valence-corrected chi connectivity index (χ2v) is 9.11. The zero-order chi connectivity index (χ0) is 21.7. The molecule has 0 saturated carbocycles. The molecule has 1 N–H and O–H groups in total. The summed E-state index contributed by atoms with van der Waals surface area (Å²) in [5.41, 5.74) is 0. The van der Waals surface area contributed by atoms with Crippen molar-refractivity contribution in [3.05, 3.63) is 11.8 Å². The third-order valence-corrected chi connectivity index (χ3v) is 4.71. The van der Waals surface area contributed by atoms with Crippen LogP contribution < -0.4 is 0 Å². The minimum atomic E-state index is -1.98. The lowest BCUT2D eigenvalue weighted by Gasteiger charge is -2.35.